The molecule has 0 saturated carbocycles. The summed E-state index contributed by atoms with van der Waals surface area (Å²) in [6.45, 7) is 0. The number of aromatic nitrogens is 3. The quantitative estimate of drug-likeness (QED) is 0.721. The molecule has 0 atom stereocenters. The van der Waals surface area contributed by atoms with E-state index in [1.807, 2.05) is 34.9 Å². The number of hydrogen-bond acceptors (Lipinski definition) is 4. The summed E-state index contributed by atoms with van der Waals surface area (Å²) in [7, 11) is 3.24. The lowest BCUT2D eigenvalue weighted by Crippen LogP contribution is -1.90. The highest BCUT2D eigenvalue weighted by molar-refractivity contribution is 5.66. The third kappa shape index (κ3) is 1.99. The van der Waals surface area contributed by atoms with Crippen LogP contribution in [-0.2, 0) is 0 Å². The van der Waals surface area contributed by atoms with Gasteiger partial charge in [0.05, 0.1) is 19.9 Å². The standard InChI is InChI=1S/C14H13N3O2/c1-18-12-4-3-10(7-13(12)19-2)11-8-17-9-15-6-5-14(17)16-11/h3-9H,1-2H3. The summed E-state index contributed by atoms with van der Waals surface area (Å²) >= 11 is 0. The van der Waals surface area contributed by atoms with E-state index in [0.29, 0.717) is 11.5 Å². The van der Waals surface area contributed by atoms with Crippen LogP contribution in [0.2, 0.25) is 0 Å². The summed E-state index contributed by atoms with van der Waals surface area (Å²) in [5, 5.41) is 0. The third-order valence-corrected chi connectivity index (χ3v) is 2.94. The van der Waals surface area contributed by atoms with Gasteiger partial charge in [0.1, 0.15) is 12.0 Å². The molecule has 2 heterocycles. The second-order valence-corrected chi connectivity index (χ2v) is 4.04. The van der Waals surface area contributed by atoms with E-state index in [4.69, 9.17) is 9.47 Å². The summed E-state index contributed by atoms with van der Waals surface area (Å²) in [5.41, 5.74) is 2.70. The SMILES string of the molecule is COc1ccc(-c2cn3cnccc3n2)cc1OC. The van der Waals surface area contributed by atoms with Crippen molar-refractivity contribution in [2.45, 2.75) is 0 Å². The van der Waals surface area contributed by atoms with E-state index in [-0.39, 0.29) is 0 Å². The molecule has 0 aliphatic rings. The lowest BCUT2D eigenvalue weighted by molar-refractivity contribution is 0.355. The van der Waals surface area contributed by atoms with Crippen molar-refractivity contribution in [3.8, 4) is 22.8 Å². The molecule has 96 valence electrons. The van der Waals surface area contributed by atoms with Crippen LogP contribution in [0.4, 0.5) is 0 Å². The number of fused-ring (bicyclic) bond motifs is 1. The Morgan fingerprint density at radius 3 is 2.63 bits per heavy atom. The zero-order chi connectivity index (χ0) is 13.2. The van der Waals surface area contributed by atoms with E-state index in [1.165, 1.54) is 0 Å². The molecule has 0 aliphatic carbocycles. The van der Waals surface area contributed by atoms with Crippen molar-refractivity contribution in [1.82, 2.24) is 14.4 Å². The lowest BCUT2D eigenvalue weighted by atomic mass is 10.1. The number of rotatable bonds is 3. The van der Waals surface area contributed by atoms with Gasteiger partial charge < -0.3 is 9.47 Å². The maximum absolute atomic E-state index is 5.30. The second-order valence-electron chi connectivity index (χ2n) is 4.04. The first-order chi connectivity index (χ1) is 9.31. The van der Waals surface area contributed by atoms with Gasteiger partial charge in [-0.15, -0.1) is 0 Å². The Balaban J connectivity index is 2.10. The molecule has 0 spiro atoms. The summed E-state index contributed by atoms with van der Waals surface area (Å²) in [6.07, 6.45) is 5.39. The predicted octanol–water partition coefficient (Wildman–Crippen LogP) is 2.41. The van der Waals surface area contributed by atoms with E-state index in [2.05, 4.69) is 9.97 Å². The molecular weight excluding hydrogens is 242 g/mol. The molecule has 0 saturated heterocycles. The molecule has 5 nitrogen and oxygen atoms in total. The first-order valence-electron chi connectivity index (χ1n) is 5.83. The smallest absolute Gasteiger partial charge is 0.161 e. The maximum atomic E-state index is 5.30. The Bertz CT molecular complexity index is 689. The largest absolute Gasteiger partial charge is 0.493 e. The normalized spacial score (nSPS) is 10.6. The molecule has 1 aromatic carbocycles. The second kappa shape index (κ2) is 4.61. The summed E-state index contributed by atoms with van der Waals surface area (Å²) in [6, 6.07) is 7.60. The fourth-order valence-corrected chi connectivity index (χ4v) is 1.98. The number of nitrogens with zero attached hydrogens (tertiary/aromatic N) is 3. The van der Waals surface area contributed by atoms with Crippen molar-refractivity contribution in [3.63, 3.8) is 0 Å². The average Bonchev–Trinajstić information content (AvgIpc) is 2.90. The molecule has 3 aromatic rings. The van der Waals surface area contributed by atoms with Gasteiger partial charge in [0, 0.05) is 18.0 Å². The van der Waals surface area contributed by atoms with Crippen LogP contribution in [-0.4, -0.2) is 28.6 Å². The van der Waals surface area contributed by atoms with Crippen molar-refractivity contribution < 1.29 is 9.47 Å². The van der Waals surface area contributed by atoms with Crippen LogP contribution in [0.25, 0.3) is 16.9 Å². The molecule has 5 heteroatoms. The van der Waals surface area contributed by atoms with Gasteiger partial charge in [0.15, 0.2) is 11.5 Å². The molecule has 2 aromatic heterocycles. The summed E-state index contributed by atoms with van der Waals surface area (Å²) in [5.74, 6) is 1.40. The molecule has 0 aliphatic heterocycles. The third-order valence-electron chi connectivity index (χ3n) is 2.94. The van der Waals surface area contributed by atoms with Crippen LogP contribution in [0, 0.1) is 0 Å². The molecule has 0 fully saturated rings. The lowest BCUT2D eigenvalue weighted by Gasteiger charge is -2.08. The topological polar surface area (TPSA) is 48.7 Å². The average molecular weight is 255 g/mol. The molecule has 0 amide bonds. The Morgan fingerprint density at radius 2 is 1.89 bits per heavy atom. The number of ether oxygens (including phenoxy) is 2. The maximum Gasteiger partial charge on any atom is 0.161 e. The monoisotopic (exact) mass is 255 g/mol. The molecule has 0 unspecified atom stereocenters. The fraction of sp³-hybridized carbons (Fsp3) is 0.143. The summed E-state index contributed by atoms with van der Waals surface area (Å²) < 4.78 is 12.4. The molecule has 19 heavy (non-hydrogen) atoms. The van der Waals surface area contributed by atoms with Crippen molar-refractivity contribution in [2.75, 3.05) is 14.2 Å². The van der Waals surface area contributed by atoms with Gasteiger partial charge in [-0.05, 0) is 24.3 Å². The Kier molecular flexibility index (Phi) is 2.79. The van der Waals surface area contributed by atoms with E-state index in [1.54, 1.807) is 26.7 Å². The zero-order valence-corrected chi connectivity index (χ0v) is 10.7. The van der Waals surface area contributed by atoms with Gasteiger partial charge in [-0.2, -0.15) is 0 Å². The Labute approximate surface area is 110 Å². The van der Waals surface area contributed by atoms with Gasteiger partial charge in [-0.25, -0.2) is 9.97 Å². The van der Waals surface area contributed by atoms with E-state index >= 15 is 0 Å². The molecule has 0 bridgehead atoms. The van der Waals surface area contributed by atoms with Crippen molar-refractivity contribution in [3.05, 3.63) is 43.0 Å². The molecule has 0 radical (unpaired) electrons. The van der Waals surface area contributed by atoms with Gasteiger partial charge in [-0.3, -0.25) is 4.40 Å². The molecule has 3 rings (SSSR count). The Hall–Kier alpha value is -2.56. The van der Waals surface area contributed by atoms with Crippen molar-refractivity contribution in [2.24, 2.45) is 0 Å². The van der Waals surface area contributed by atoms with Gasteiger partial charge in [0.25, 0.3) is 0 Å². The molecule has 0 N–H and O–H groups in total. The van der Waals surface area contributed by atoms with Gasteiger partial charge in [0.2, 0.25) is 0 Å². The number of benzene rings is 1. The van der Waals surface area contributed by atoms with Gasteiger partial charge >= 0.3 is 0 Å². The highest BCUT2D eigenvalue weighted by Crippen LogP contribution is 2.31. The highest BCUT2D eigenvalue weighted by atomic mass is 16.5. The van der Waals surface area contributed by atoms with Crippen molar-refractivity contribution in [1.29, 1.82) is 0 Å². The van der Waals surface area contributed by atoms with E-state index < -0.39 is 0 Å². The van der Waals surface area contributed by atoms with Crippen LogP contribution in [0.1, 0.15) is 0 Å². The summed E-state index contributed by atoms with van der Waals surface area (Å²) in [4.78, 5) is 8.60. The van der Waals surface area contributed by atoms with E-state index in [9.17, 15) is 0 Å². The predicted molar refractivity (Wildman–Crippen MR) is 71.5 cm³/mol. The van der Waals surface area contributed by atoms with Gasteiger partial charge in [-0.1, -0.05) is 0 Å². The minimum absolute atomic E-state index is 0.690. The van der Waals surface area contributed by atoms with Crippen LogP contribution < -0.4 is 9.47 Å². The molecular formula is C14H13N3O2. The van der Waals surface area contributed by atoms with Crippen LogP contribution >= 0.6 is 0 Å². The first-order valence-corrected chi connectivity index (χ1v) is 5.83. The first kappa shape index (κ1) is 11.5. The number of hydrogen-bond donors (Lipinski definition) is 0. The minimum atomic E-state index is 0.690. The number of methoxy groups -OCH3 is 2. The van der Waals surface area contributed by atoms with E-state index in [0.717, 1.165) is 16.9 Å². The van der Waals surface area contributed by atoms with Crippen molar-refractivity contribution >= 4 is 5.65 Å². The minimum Gasteiger partial charge on any atom is -0.493 e. The highest BCUT2D eigenvalue weighted by Gasteiger charge is 2.09. The number of imidazole rings is 1. The van der Waals surface area contributed by atoms with Crippen LogP contribution in [0.15, 0.2) is 43.0 Å². The Morgan fingerprint density at radius 1 is 1.05 bits per heavy atom. The zero-order valence-electron chi connectivity index (χ0n) is 10.7. The fourth-order valence-electron chi connectivity index (χ4n) is 1.98. The van der Waals surface area contributed by atoms with Crippen LogP contribution in [0.3, 0.4) is 0 Å². The van der Waals surface area contributed by atoms with Crippen LogP contribution in [0.5, 0.6) is 11.5 Å².